The molecule has 3 N–H and O–H groups in total. The fourth-order valence-corrected chi connectivity index (χ4v) is 2.72. The third-order valence-corrected chi connectivity index (χ3v) is 3.80. The van der Waals surface area contributed by atoms with E-state index in [0.29, 0.717) is 17.2 Å². The molecule has 2 aliphatic rings. The van der Waals surface area contributed by atoms with Crippen LogP contribution in [0.15, 0.2) is 75.9 Å². The number of nitrogens with zero attached hydrogens (tertiary/aromatic N) is 1. The van der Waals surface area contributed by atoms with Crippen LogP contribution < -0.4 is 34.9 Å². The highest BCUT2D eigenvalue weighted by Gasteiger charge is 2.24. The molecule has 0 atom stereocenters. The molecule has 2 aliphatic heterocycles. The van der Waals surface area contributed by atoms with Crippen molar-refractivity contribution in [3.05, 3.63) is 77.1 Å². The number of nitrogen functional groups attached to an aromatic ring is 1. The van der Waals surface area contributed by atoms with Crippen molar-refractivity contribution >= 4 is 5.95 Å². The Balaban J connectivity index is 0.000000431. The van der Waals surface area contributed by atoms with Gasteiger partial charge in [0.1, 0.15) is 11.3 Å². The fraction of sp³-hybridized carbons (Fsp3) is 0. The lowest BCUT2D eigenvalue weighted by Crippen LogP contribution is -2.68. The minimum absolute atomic E-state index is 0.0282. The Morgan fingerprint density at radius 1 is 0.897 bits per heavy atom. The van der Waals surface area contributed by atoms with E-state index < -0.39 is 15.8 Å². The van der Waals surface area contributed by atoms with E-state index in [1.807, 2.05) is 66.7 Å². The van der Waals surface area contributed by atoms with Gasteiger partial charge in [0.15, 0.2) is 0 Å². The normalized spacial score (nSPS) is 11.0. The SMILES string of the molecule is Nc1nc(=O)c2c(-c3ccccc3)cc(-c3ccccc3)oc-2[nH+]1.[O-][Cl+3]([O-])([O-])[O-]. The van der Waals surface area contributed by atoms with Crippen LogP contribution in [0.2, 0.25) is 0 Å². The Bertz CT molecular complexity index is 1120. The predicted octanol–water partition coefficient (Wildman–Crippen LogP) is -1.89. The van der Waals surface area contributed by atoms with Gasteiger partial charge < -0.3 is 4.42 Å². The lowest BCUT2D eigenvalue weighted by atomic mass is 9.99. The summed E-state index contributed by atoms with van der Waals surface area (Å²) >= 11 is 0. The highest BCUT2D eigenvalue weighted by atomic mass is 35.7. The first-order chi connectivity index (χ1) is 13.7. The quantitative estimate of drug-likeness (QED) is 0.395. The lowest BCUT2D eigenvalue weighted by molar-refractivity contribution is -2.00. The molecule has 9 nitrogen and oxygen atoms in total. The van der Waals surface area contributed by atoms with E-state index in [1.165, 1.54) is 0 Å². The van der Waals surface area contributed by atoms with Crippen molar-refractivity contribution in [2.24, 2.45) is 0 Å². The van der Waals surface area contributed by atoms with Crippen molar-refractivity contribution in [2.45, 2.75) is 0 Å². The summed E-state index contributed by atoms with van der Waals surface area (Å²) in [7, 11) is -4.94. The molecule has 29 heavy (non-hydrogen) atoms. The van der Waals surface area contributed by atoms with E-state index in [2.05, 4.69) is 9.97 Å². The number of rotatable bonds is 2. The third kappa shape index (κ3) is 5.35. The second kappa shape index (κ2) is 8.35. The summed E-state index contributed by atoms with van der Waals surface area (Å²) in [6.45, 7) is 0. The molecule has 0 aromatic heterocycles. The zero-order valence-corrected chi connectivity index (χ0v) is 15.5. The molecule has 2 aromatic carbocycles. The second-order valence-corrected chi connectivity index (χ2v) is 6.52. The Labute approximate surface area is 166 Å². The van der Waals surface area contributed by atoms with Crippen LogP contribution in [-0.4, -0.2) is 4.98 Å². The molecule has 0 amide bonds. The molecular formula is C19H14ClN3O6. The Hall–Kier alpha value is -3.34. The minimum atomic E-state index is -4.94. The molecule has 4 rings (SSSR count). The molecule has 0 aliphatic carbocycles. The Morgan fingerprint density at radius 2 is 1.41 bits per heavy atom. The highest BCUT2D eigenvalue weighted by Crippen LogP contribution is 2.34. The van der Waals surface area contributed by atoms with Crippen LogP contribution in [0.25, 0.3) is 33.9 Å². The van der Waals surface area contributed by atoms with E-state index in [4.69, 9.17) is 28.8 Å². The van der Waals surface area contributed by atoms with Gasteiger partial charge >= 0.3 is 11.5 Å². The van der Waals surface area contributed by atoms with Crippen LogP contribution in [-0.2, 0) is 0 Å². The van der Waals surface area contributed by atoms with Gasteiger partial charge in [-0.05, 0) is 16.6 Å². The van der Waals surface area contributed by atoms with Gasteiger partial charge in [-0.15, -0.1) is 10.2 Å². The Kier molecular flexibility index (Phi) is 5.87. The van der Waals surface area contributed by atoms with Crippen LogP contribution in [0.3, 0.4) is 0 Å². The lowest BCUT2D eigenvalue weighted by Gasteiger charge is -2.17. The maximum atomic E-state index is 12.4. The summed E-state index contributed by atoms with van der Waals surface area (Å²) in [5, 5.41) is 0. The molecule has 148 valence electrons. The number of fused-ring (bicyclic) bond motifs is 1. The number of aromatic nitrogens is 2. The van der Waals surface area contributed by atoms with Crippen LogP contribution in [0.1, 0.15) is 0 Å². The van der Waals surface area contributed by atoms with Crippen molar-refractivity contribution in [2.75, 3.05) is 5.73 Å². The van der Waals surface area contributed by atoms with Gasteiger partial charge in [0.05, 0.1) is 0 Å². The number of anilines is 1. The maximum absolute atomic E-state index is 12.4. The molecule has 10 heteroatoms. The summed E-state index contributed by atoms with van der Waals surface area (Å²) < 4.78 is 39.9. The third-order valence-electron chi connectivity index (χ3n) is 3.80. The first-order valence-electron chi connectivity index (χ1n) is 8.11. The standard InChI is InChI=1S/C19H13N3O2.ClHO4/c20-19-21-17(23)16-14(12-7-3-1-4-8-12)11-15(24-18(16)22-19)13-9-5-2-6-10-13;2-1(3,4)5/h1-11H,(H2,20,21,23);(H,2,3,4,5). The largest absolute Gasteiger partial charge is 0.427 e. The van der Waals surface area contributed by atoms with Crippen LogP contribution in [0.4, 0.5) is 5.95 Å². The number of hydrogen-bond acceptors (Lipinski definition) is 8. The van der Waals surface area contributed by atoms with Crippen LogP contribution in [0.5, 0.6) is 0 Å². The fourth-order valence-electron chi connectivity index (χ4n) is 2.72. The van der Waals surface area contributed by atoms with Crippen molar-refractivity contribution in [1.29, 1.82) is 0 Å². The number of hydrogen-bond donors (Lipinski definition) is 1. The number of H-pyrrole nitrogens is 1. The van der Waals surface area contributed by atoms with Crippen molar-refractivity contribution in [1.82, 2.24) is 4.98 Å². The Morgan fingerprint density at radius 3 is 1.97 bits per heavy atom. The molecule has 0 radical (unpaired) electrons. The number of nitrogens with one attached hydrogen (secondary N) is 1. The summed E-state index contributed by atoms with van der Waals surface area (Å²) in [6, 6.07) is 21.2. The minimum Gasteiger partial charge on any atom is -0.427 e. The van der Waals surface area contributed by atoms with Crippen molar-refractivity contribution in [3.63, 3.8) is 0 Å². The van der Waals surface area contributed by atoms with E-state index in [-0.39, 0.29) is 5.95 Å². The maximum Gasteiger partial charge on any atom is 0.393 e. The van der Waals surface area contributed by atoms with Crippen molar-refractivity contribution < 1.29 is 38.3 Å². The van der Waals surface area contributed by atoms with Crippen LogP contribution in [0, 0.1) is 10.2 Å². The second-order valence-electron chi connectivity index (χ2n) is 5.77. The van der Waals surface area contributed by atoms with Crippen molar-refractivity contribution in [3.8, 4) is 33.9 Å². The molecule has 0 saturated heterocycles. The van der Waals surface area contributed by atoms with Crippen LogP contribution >= 0.6 is 0 Å². The van der Waals surface area contributed by atoms with Gasteiger partial charge in [-0.3, -0.25) is 5.73 Å². The van der Waals surface area contributed by atoms with E-state index in [0.717, 1.165) is 16.7 Å². The number of nitrogens with two attached hydrogens (primary N) is 1. The average Bonchev–Trinajstić information content (AvgIpc) is 2.67. The van der Waals surface area contributed by atoms with Gasteiger partial charge in [0, 0.05) is 11.1 Å². The topological polar surface area (TPSA) is 176 Å². The van der Waals surface area contributed by atoms with E-state index >= 15 is 0 Å². The average molecular weight is 416 g/mol. The zero-order valence-electron chi connectivity index (χ0n) is 14.7. The van der Waals surface area contributed by atoms with Gasteiger partial charge in [0.25, 0.3) is 5.89 Å². The molecule has 0 fully saturated rings. The van der Waals surface area contributed by atoms with Gasteiger partial charge in [0.2, 0.25) is 0 Å². The van der Waals surface area contributed by atoms with Gasteiger partial charge in [-0.25, -0.2) is 28.4 Å². The molecule has 0 saturated carbocycles. The molecular weight excluding hydrogens is 402 g/mol. The van der Waals surface area contributed by atoms with Gasteiger partial charge in [-0.2, -0.15) is 0 Å². The first-order valence-corrected chi connectivity index (χ1v) is 9.35. The highest BCUT2D eigenvalue weighted by molar-refractivity contribution is 5.82. The summed E-state index contributed by atoms with van der Waals surface area (Å²) in [4.78, 5) is 19.0. The van der Waals surface area contributed by atoms with E-state index in [1.54, 1.807) is 0 Å². The number of aromatic amines is 1. The molecule has 0 bridgehead atoms. The number of benzene rings is 2. The monoisotopic (exact) mass is 415 g/mol. The smallest absolute Gasteiger partial charge is 0.393 e. The molecule has 2 aromatic rings. The summed E-state index contributed by atoms with van der Waals surface area (Å²) in [5.41, 5.74) is 8.22. The van der Waals surface area contributed by atoms with Gasteiger partial charge in [-0.1, -0.05) is 60.7 Å². The summed E-state index contributed by atoms with van der Waals surface area (Å²) in [5.74, 6) is 0.983. The molecule has 0 spiro atoms. The number of halogens is 1. The first kappa shape index (κ1) is 20.4. The molecule has 0 unspecified atom stereocenters. The van der Waals surface area contributed by atoms with E-state index in [9.17, 15) is 4.79 Å². The molecule has 2 heterocycles. The predicted molar refractivity (Wildman–Crippen MR) is 91.2 cm³/mol. The zero-order chi connectivity index (χ0) is 21.0. The summed E-state index contributed by atoms with van der Waals surface area (Å²) in [6.07, 6.45) is 0.